The quantitative estimate of drug-likeness (QED) is 0.717. The molecule has 0 spiro atoms. The topological polar surface area (TPSA) is 65.7 Å². The van der Waals surface area contributed by atoms with Crippen LogP contribution in [0.2, 0.25) is 0 Å². The summed E-state index contributed by atoms with van der Waals surface area (Å²) in [6, 6.07) is 5.84. The summed E-state index contributed by atoms with van der Waals surface area (Å²) < 4.78 is 45.2. The first kappa shape index (κ1) is 15.9. The number of hydrogen-bond donors (Lipinski definition) is 0. The van der Waals surface area contributed by atoms with Crippen molar-refractivity contribution >= 4 is 0 Å². The number of aromatic nitrogens is 5. The van der Waals surface area contributed by atoms with E-state index in [-0.39, 0.29) is 23.9 Å². The van der Waals surface area contributed by atoms with Gasteiger partial charge in [0, 0.05) is 5.56 Å². The molecule has 0 aliphatic heterocycles. The molecule has 3 rings (SSSR count). The predicted octanol–water partition coefficient (Wildman–Crippen LogP) is 3.02. The minimum atomic E-state index is -2.56. The van der Waals surface area contributed by atoms with Crippen LogP contribution in [0, 0.1) is 12.7 Å². The molecule has 3 aromatic rings. The maximum atomic E-state index is 13.1. The molecular formula is C15H12F3N5O. The van der Waals surface area contributed by atoms with Crippen LogP contribution in [-0.4, -0.2) is 25.0 Å². The Balaban J connectivity index is 1.71. The van der Waals surface area contributed by atoms with Crippen LogP contribution in [-0.2, 0) is 6.61 Å². The predicted molar refractivity (Wildman–Crippen MR) is 77.4 cm³/mol. The van der Waals surface area contributed by atoms with Gasteiger partial charge in [0.25, 0.3) is 6.43 Å². The number of alkyl halides is 2. The Morgan fingerprint density at radius 3 is 2.88 bits per heavy atom. The number of hydrogen-bond acceptors (Lipinski definition) is 5. The summed E-state index contributed by atoms with van der Waals surface area (Å²) >= 11 is 0. The second-order valence-electron chi connectivity index (χ2n) is 4.92. The Kier molecular flexibility index (Phi) is 4.41. The molecule has 0 bridgehead atoms. The van der Waals surface area contributed by atoms with Gasteiger partial charge in [-0.25, -0.2) is 22.8 Å². The van der Waals surface area contributed by atoms with Gasteiger partial charge in [-0.05, 0) is 19.1 Å². The molecule has 0 aliphatic carbocycles. The second kappa shape index (κ2) is 6.65. The zero-order chi connectivity index (χ0) is 17.1. The fourth-order valence-corrected chi connectivity index (χ4v) is 1.93. The molecule has 24 heavy (non-hydrogen) atoms. The highest BCUT2D eigenvalue weighted by Crippen LogP contribution is 2.21. The van der Waals surface area contributed by atoms with Crippen molar-refractivity contribution in [2.24, 2.45) is 0 Å². The van der Waals surface area contributed by atoms with Crippen molar-refractivity contribution in [3.05, 3.63) is 59.4 Å². The molecule has 0 atom stereocenters. The number of nitrogens with zero attached hydrogens (tertiary/aromatic N) is 5. The molecule has 124 valence electrons. The van der Waals surface area contributed by atoms with E-state index >= 15 is 0 Å². The van der Waals surface area contributed by atoms with Gasteiger partial charge in [0.2, 0.25) is 0 Å². The largest absolute Gasteiger partial charge is 0.457 e. The summed E-state index contributed by atoms with van der Waals surface area (Å²) in [5.41, 5.74) is 0.979. The van der Waals surface area contributed by atoms with Crippen LogP contribution in [0.15, 0.2) is 36.7 Å². The van der Waals surface area contributed by atoms with Crippen molar-refractivity contribution in [1.82, 2.24) is 25.0 Å². The number of ether oxygens (including phenoxy) is 1. The van der Waals surface area contributed by atoms with Crippen LogP contribution in [0.4, 0.5) is 13.2 Å². The van der Waals surface area contributed by atoms with Crippen molar-refractivity contribution in [2.75, 3.05) is 0 Å². The SMILES string of the molecule is Cc1nc(OCc2cn(-c3cccc(C(F)F)c3)nn2)ncc1F. The first-order chi connectivity index (χ1) is 11.5. The molecule has 6 nitrogen and oxygen atoms in total. The summed E-state index contributed by atoms with van der Waals surface area (Å²) in [4.78, 5) is 7.54. The minimum absolute atomic E-state index is 0.0135. The Hall–Kier alpha value is -2.97. The number of aryl methyl sites for hydroxylation is 1. The highest BCUT2D eigenvalue weighted by atomic mass is 19.3. The van der Waals surface area contributed by atoms with E-state index in [1.807, 2.05) is 0 Å². The van der Waals surface area contributed by atoms with Gasteiger partial charge < -0.3 is 4.74 Å². The lowest BCUT2D eigenvalue weighted by Gasteiger charge is -2.04. The minimum Gasteiger partial charge on any atom is -0.457 e. The van der Waals surface area contributed by atoms with Crippen LogP contribution in [0.25, 0.3) is 5.69 Å². The lowest BCUT2D eigenvalue weighted by molar-refractivity contribution is 0.151. The monoisotopic (exact) mass is 335 g/mol. The van der Waals surface area contributed by atoms with Crippen LogP contribution in [0.1, 0.15) is 23.4 Å². The molecule has 0 unspecified atom stereocenters. The third kappa shape index (κ3) is 3.50. The van der Waals surface area contributed by atoms with Gasteiger partial charge >= 0.3 is 6.01 Å². The van der Waals surface area contributed by atoms with Gasteiger partial charge in [-0.1, -0.05) is 17.3 Å². The lowest BCUT2D eigenvalue weighted by atomic mass is 10.2. The first-order valence-corrected chi connectivity index (χ1v) is 6.94. The fourth-order valence-electron chi connectivity index (χ4n) is 1.93. The maximum absolute atomic E-state index is 13.1. The molecule has 0 radical (unpaired) electrons. The van der Waals surface area contributed by atoms with E-state index in [1.54, 1.807) is 12.3 Å². The molecule has 0 fully saturated rings. The number of benzene rings is 1. The second-order valence-corrected chi connectivity index (χ2v) is 4.92. The Labute approximate surface area is 134 Å². The fraction of sp³-hybridized carbons (Fsp3) is 0.200. The molecule has 9 heteroatoms. The van der Waals surface area contributed by atoms with Gasteiger partial charge in [-0.3, -0.25) is 0 Å². The third-order valence-corrected chi connectivity index (χ3v) is 3.17. The number of rotatable bonds is 5. The summed E-state index contributed by atoms with van der Waals surface area (Å²) in [5.74, 6) is -0.521. The highest BCUT2D eigenvalue weighted by molar-refractivity contribution is 5.35. The zero-order valence-corrected chi connectivity index (χ0v) is 12.5. The van der Waals surface area contributed by atoms with E-state index in [1.165, 1.54) is 29.8 Å². The van der Waals surface area contributed by atoms with E-state index in [9.17, 15) is 13.2 Å². The van der Waals surface area contributed by atoms with Gasteiger partial charge in [-0.2, -0.15) is 4.98 Å². The van der Waals surface area contributed by atoms with Gasteiger partial charge in [0.15, 0.2) is 5.82 Å². The molecule has 0 aliphatic rings. The van der Waals surface area contributed by atoms with Crippen molar-refractivity contribution < 1.29 is 17.9 Å². The van der Waals surface area contributed by atoms with Crippen LogP contribution >= 0.6 is 0 Å². The molecule has 1 aromatic carbocycles. The molecule has 2 aromatic heterocycles. The molecule has 0 N–H and O–H groups in total. The van der Waals surface area contributed by atoms with E-state index in [2.05, 4.69) is 20.3 Å². The third-order valence-electron chi connectivity index (χ3n) is 3.17. The van der Waals surface area contributed by atoms with Crippen molar-refractivity contribution in [3.63, 3.8) is 0 Å². The average molecular weight is 335 g/mol. The van der Waals surface area contributed by atoms with Crippen LogP contribution in [0.3, 0.4) is 0 Å². The summed E-state index contributed by atoms with van der Waals surface area (Å²) in [6.45, 7) is 1.51. The van der Waals surface area contributed by atoms with Crippen molar-refractivity contribution in [2.45, 2.75) is 20.0 Å². The highest BCUT2D eigenvalue weighted by Gasteiger charge is 2.10. The van der Waals surface area contributed by atoms with E-state index < -0.39 is 12.2 Å². The lowest BCUT2D eigenvalue weighted by Crippen LogP contribution is -2.02. The number of halogens is 3. The average Bonchev–Trinajstić information content (AvgIpc) is 3.05. The van der Waals surface area contributed by atoms with Gasteiger partial charge in [0.05, 0.1) is 23.8 Å². The first-order valence-electron chi connectivity index (χ1n) is 6.94. The molecule has 0 saturated heterocycles. The standard InChI is InChI=1S/C15H12F3N5O/c1-9-13(16)6-19-15(20-9)24-8-11-7-23(22-21-11)12-4-2-3-10(5-12)14(17)18/h2-7,14H,8H2,1H3. The Morgan fingerprint density at radius 1 is 1.29 bits per heavy atom. The Morgan fingerprint density at radius 2 is 2.12 bits per heavy atom. The van der Waals surface area contributed by atoms with Crippen molar-refractivity contribution in [3.8, 4) is 11.7 Å². The van der Waals surface area contributed by atoms with E-state index in [0.717, 1.165) is 6.20 Å². The molecule has 0 saturated carbocycles. The van der Waals surface area contributed by atoms with E-state index in [0.29, 0.717) is 11.4 Å². The van der Waals surface area contributed by atoms with Gasteiger partial charge in [-0.15, -0.1) is 5.10 Å². The smallest absolute Gasteiger partial charge is 0.317 e. The van der Waals surface area contributed by atoms with Crippen molar-refractivity contribution in [1.29, 1.82) is 0 Å². The van der Waals surface area contributed by atoms with Gasteiger partial charge in [0.1, 0.15) is 12.3 Å². The normalized spacial score (nSPS) is 11.0. The molecule has 0 amide bonds. The summed E-state index contributed by atoms with van der Waals surface area (Å²) in [5, 5.41) is 7.76. The summed E-state index contributed by atoms with van der Waals surface area (Å²) in [6.07, 6.45) is 0.000777. The van der Waals surface area contributed by atoms with E-state index in [4.69, 9.17) is 4.74 Å². The zero-order valence-electron chi connectivity index (χ0n) is 12.5. The summed E-state index contributed by atoms with van der Waals surface area (Å²) in [7, 11) is 0. The molecular weight excluding hydrogens is 323 g/mol. The maximum Gasteiger partial charge on any atom is 0.317 e. The van der Waals surface area contributed by atoms with Crippen LogP contribution < -0.4 is 4.74 Å². The Bertz CT molecular complexity index is 853. The van der Waals surface area contributed by atoms with Crippen LogP contribution in [0.5, 0.6) is 6.01 Å². The molecule has 2 heterocycles.